The molecule has 0 radical (unpaired) electrons. The average Bonchev–Trinajstić information content (AvgIpc) is 2.46. The van der Waals surface area contributed by atoms with Crippen LogP contribution in [0.1, 0.15) is 10.4 Å². The lowest BCUT2D eigenvalue weighted by Gasteiger charge is -2.13. The average molecular weight is 421 g/mol. The first-order valence-electron chi connectivity index (χ1n) is 5.76. The van der Waals surface area contributed by atoms with Gasteiger partial charge in [-0.15, -0.1) is 4.91 Å². The Labute approximate surface area is 136 Å². The number of nitroso groups, excluding NO2 is 1. The largest absolute Gasteiger partial charge is 0.350 e. The molecule has 2 aromatic carbocycles. The molecular weight excluding hydrogens is 414 g/mol. The molecule has 0 aliphatic carbocycles. The molecule has 2 N–H and O–H groups in total. The van der Waals surface area contributed by atoms with Crippen LogP contribution in [0.2, 0.25) is 0 Å². The van der Waals surface area contributed by atoms with E-state index in [-0.39, 0.29) is 5.69 Å². The van der Waals surface area contributed by atoms with Gasteiger partial charge in [-0.3, -0.25) is 4.79 Å². The van der Waals surface area contributed by atoms with E-state index in [1.54, 1.807) is 5.43 Å². The monoisotopic (exact) mass is 421 g/mol. The van der Waals surface area contributed by atoms with E-state index in [4.69, 9.17) is 0 Å². The number of halogens is 4. The van der Waals surface area contributed by atoms with Gasteiger partial charge in [0.25, 0.3) is 5.91 Å². The Bertz CT molecular complexity index is 756. The predicted octanol–water partition coefficient (Wildman–Crippen LogP) is 3.86. The molecule has 0 unspecified atom stereocenters. The summed E-state index contributed by atoms with van der Waals surface area (Å²) in [6.45, 7) is 0. The molecule has 2 aromatic rings. The smallest absolute Gasteiger partial charge is 0.276 e. The van der Waals surface area contributed by atoms with Crippen LogP contribution in [0.5, 0.6) is 0 Å². The van der Waals surface area contributed by atoms with Gasteiger partial charge in [-0.25, -0.2) is 18.6 Å². The molecule has 5 nitrogen and oxygen atoms in total. The van der Waals surface area contributed by atoms with Crippen LogP contribution in [0.4, 0.5) is 24.5 Å². The molecule has 22 heavy (non-hydrogen) atoms. The molecule has 0 saturated carbocycles. The molecule has 2 rings (SSSR count). The normalized spacial score (nSPS) is 10.2. The number of carbonyl (C=O) groups is 1. The predicted molar refractivity (Wildman–Crippen MR) is 82.0 cm³/mol. The van der Waals surface area contributed by atoms with E-state index in [9.17, 15) is 22.9 Å². The minimum atomic E-state index is -1.38. The summed E-state index contributed by atoms with van der Waals surface area (Å²) >= 11 is 1.88. The zero-order valence-electron chi connectivity index (χ0n) is 10.7. The molecule has 0 bridgehead atoms. The summed E-state index contributed by atoms with van der Waals surface area (Å²) < 4.78 is 41.7. The van der Waals surface area contributed by atoms with Crippen molar-refractivity contribution in [2.45, 2.75) is 0 Å². The molecule has 114 valence electrons. The fourth-order valence-electron chi connectivity index (χ4n) is 1.69. The fraction of sp³-hybridized carbons (Fsp3) is 0. The quantitative estimate of drug-likeness (QED) is 0.448. The van der Waals surface area contributed by atoms with Gasteiger partial charge in [-0.1, -0.05) is 0 Å². The Hall–Kier alpha value is -2.17. The lowest BCUT2D eigenvalue weighted by atomic mass is 10.1. The molecule has 0 saturated heterocycles. The minimum absolute atomic E-state index is 0.155. The van der Waals surface area contributed by atoms with Crippen LogP contribution in [0.3, 0.4) is 0 Å². The Morgan fingerprint density at radius 3 is 2.45 bits per heavy atom. The third-order valence-corrected chi connectivity index (χ3v) is 3.35. The van der Waals surface area contributed by atoms with Crippen LogP contribution in [0.25, 0.3) is 0 Å². The van der Waals surface area contributed by atoms with E-state index in [0.717, 1.165) is 6.07 Å². The zero-order valence-corrected chi connectivity index (χ0v) is 12.8. The van der Waals surface area contributed by atoms with Crippen molar-refractivity contribution in [3.05, 3.63) is 61.8 Å². The van der Waals surface area contributed by atoms with Crippen LogP contribution < -0.4 is 10.7 Å². The summed E-state index contributed by atoms with van der Waals surface area (Å²) in [4.78, 5) is 21.7. The number of amides is 1. The fourth-order valence-corrected chi connectivity index (χ4v) is 2.14. The summed E-state index contributed by atoms with van der Waals surface area (Å²) in [6, 6.07) is 5.68. The number of anilines is 2. The lowest BCUT2D eigenvalue weighted by Crippen LogP contribution is -2.19. The van der Waals surface area contributed by atoms with Crippen molar-refractivity contribution in [1.82, 2.24) is 5.43 Å². The Morgan fingerprint density at radius 1 is 1.09 bits per heavy atom. The molecule has 0 aliphatic heterocycles. The Balaban J connectivity index is 2.50. The summed E-state index contributed by atoms with van der Waals surface area (Å²) in [5.41, 5.74) is 0.422. The minimum Gasteiger partial charge on any atom is -0.350 e. The summed E-state index contributed by atoms with van der Waals surface area (Å²) in [6.07, 6.45) is 0. The second-order valence-electron chi connectivity index (χ2n) is 4.07. The van der Waals surface area contributed by atoms with Crippen molar-refractivity contribution in [1.29, 1.82) is 0 Å². The number of nitrogens with zero attached hydrogens (tertiary/aromatic N) is 1. The molecule has 0 spiro atoms. The number of rotatable bonds is 4. The third kappa shape index (κ3) is 3.35. The first kappa shape index (κ1) is 16.2. The number of hydrogen-bond donors (Lipinski definition) is 2. The van der Waals surface area contributed by atoms with Gasteiger partial charge in [-0.2, -0.15) is 0 Å². The van der Waals surface area contributed by atoms with E-state index >= 15 is 0 Å². The van der Waals surface area contributed by atoms with E-state index in [1.807, 2.05) is 22.6 Å². The van der Waals surface area contributed by atoms with Gasteiger partial charge in [0.1, 0.15) is 5.82 Å². The highest BCUT2D eigenvalue weighted by atomic mass is 127. The molecule has 1 amide bonds. The molecule has 0 heterocycles. The summed E-state index contributed by atoms with van der Waals surface area (Å²) in [5, 5.41) is 4.49. The van der Waals surface area contributed by atoms with Crippen LogP contribution in [-0.4, -0.2) is 5.91 Å². The molecule has 0 atom stereocenters. The molecule has 0 aliphatic rings. The molecular formula is C13H7F3IN3O2. The SMILES string of the molecule is O=NNC(=O)c1ccc(F)c(F)c1Nc1ccc(I)cc1F. The van der Waals surface area contributed by atoms with Gasteiger partial charge in [0, 0.05) is 3.57 Å². The van der Waals surface area contributed by atoms with Gasteiger partial charge in [0.2, 0.25) is 0 Å². The summed E-state index contributed by atoms with van der Waals surface area (Å²) in [7, 11) is 0. The van der Waals surface area contributed by atoms with Crippen molar-refractivity contribution < 1.29 is 18.0 Å². The van der Waals surface area contributed by atoms with Gasteiger partial charge >= 0.3 is 0 Å². The van der Waals surface area contributed by atoms with Crippen molar-refractivity contribution in [2.24, 2.45) is 5.29 Å². The number of nitrogens with one attached hydrogen (secondary N) is 2. The second-order valence-corrected chi connectivity index (χ2v) is 5.31. The van der Waals surface area contributed by atoms with Gasteiger partial charge in [0.05, 0.1) is 22.2 Å². The zero-order chi connectivity index (χ0) is 16.3. The lowest BCUT2D eigenvalue weighted by molar-refractivity contribution is 0.0954. The van der Waals surface area contributed by atoms with Crippen molar-refractivity contribution in [3.8, 4) is 0 Å². The third-order valence-electron chi connectivity index (χ3n) is 2.68. The highest BCUT2D eigenvalue weighted by Crippen LogP contribution is 2.28. The van der Waals surface area contributed by atoms with Crippen LogP contribution in [0.15, 0.2) is 35.6 Å². The van der Waals surface area contributed by atoms with Crippen molar-refractivity contribution >= 4 is 39.9 Å². The highest BCUT2D eigenvalue weighted by Gasteiger charge is 2.20. The van der Waals surface area contributed by atoms with Crippen molar-refractivity contribution in [3.63, 3.8) is 0 Å². The number of benzene rings is 2. The first-order chi connectivity index (χ1) is 10.4. The van der Waals surface area contributed by atoms with Crippen LogP contribution in [-0.2, 0) is 0 Å². The maximum atomic E-state index is 13.9. The van der Waals surface area contributed by atoms with E-state index in [2.05, 4.69) is 10.6 Å². The van der Waals surface area contributed by atoms with Gasteiger partial charge in [-0.05, 0) is 52.9 Å². The van der Waals surface area contributed by atoms with E-state index < -0.39 is 34.6 Å². The first-order valence-corrected chi connectivity index (χ1v) is 6.84. The van der Waals surface area contributed by atoms with Crippen molar-refractivity contribution in [2.75, 3.05) is 5.32 Å². The van der Waals surface area contributed by atoms with Gasteiger partial charge < -0.3 is 5.32 Å². The maximum Gasteiger partial charge on any atom is 0.276 e. The van der Waals surface area contributed by atoms with Crippen LogP contribution >= 0.6 is 22.6 Å². The van der Waals surface area contributed by atoms with Gasteiger partial charge in [0.15, 0.2) is 11.6 Å². The van der Waals surface area contributed by atoms with Crippen LogP contribution in [0, 0.1) is 25.9 Å². The molecule has 9 heteroatoms. The Kier molecular flexibility index (Phi) is 4.96. The van der Waals surface area contributed by atoms with E-state index in [0.29, 0.717) is 9.64 Å². The molecule has 0 fully saturated rings. The standard InChI is InChI=1S/C13H7F3IN3O2/c14-8-3-2-7(13(21)19-20-22)12(11(8)16)18-10-4-1-6(17)5-9(10)15/h1-5,18H,(H,19,21,22). The topological polar surface area (TPSA) is 70.6 Å². The number of hydrogen-bond acceptors (Lipinski definition) is 4. The molecule has 0 aromatic heterocycles. The summed E-state index contributed by atoms with van der Waals surface area (Å²) in [5.74, 6) is -4.38. The maximum absolute atomic E-state index is 13.9. The number of carbonyl (C=O) groups excluding carboxylic acids is 1. The highest BCUT2D eigenvalue weighted by molar-refractivity contribution is 14.1. The van der Waals surface area contributed by atoms with E-state index in [1.165, 1.54) is 18.2 Å². The Morgan fingerprint density at radius 2 is 1.82 bits per heavy atom. The second kappa shape index (κ2) is 6.73.